The summed E-state index contributed by atoms with van der Waals surface area (Å²) in [5.41, 5.74) is 2.87. The molecule has 0 spiro atoms. The molecule has 0 bridgehead atoms. The van der Waals surface area contributed by atoms with E-state index in [9.17, 15) is 9.59 Å². The van der Waals surface area contributed by atoms with E-state index in [1.54, 1.807) is 11.0 Å². The lowest BCUT2D eigenvalue weighted by atomic mass is 9.73. The van der Waals surface area contributed by atoms with Crippen molar-refractivity contribution in [3.05, 3.63) is 70.2 Å². The van der Waals surface area contributed by atoms with Gasteiger partial charge in [-0.3, -0.25) is 9.59 Å². The summed E-state index contributed by atoms with van der Waals surface area (Å²) in [4.78, 5) is 27.6. The molecule has 1 aliphatic rings. The van der Waals surface area contributed by atoms with E-state index in [0.29, 0.717) is 11.6 Å². The highest BCUT2D eigenvalue weighted by atomic mass is 35.5. The topological polar surface area (TPSA) is 46.6 Å². The number of aryl methyl sites for hydroxylation is 1. The number of amides is 1. The Morgan fingerprint density at radius 2 is 1.85 bits per heavy atom. The van der Waals surface area contributed by atoms with E-state index in [-0.39, 0.29) is 30.3 Å². The van der Waals surface area contributed by atoms with Crippen molar-refractivity contribution in [3.63, 3.8) is 0 Å². The molecule has 27 heavy (non-hydrogen) atoms. The molecule has 3 atom stereocenters. The lowest BCUT2D eigenvalue weighted by molar-refractivity contribution is -0.156. The number of hydrogen-bond acceptors (Lipinski definition) is 3. The Balaban J connectivity index is 2.15. The molecule has 142 valence electrons. The molecule has 0 saturated carbocycles. The zero-order chi connectivity index (χ0) is 19.6. The summed E-state index contributed by atoms with van der Waals surface area (Å²) in [5.74, 6) is -1.15. The van der Waals surface area contributed by atoms with Crippen LogP contribution in [0, 0.1) is 12.8 Å². The van der Waals surface area contributed by atoms with E-state index in [2.05, 4.69) is 0 Å². The predicted molar refractivity (Wildman–Crippen MR) is 106 cm³/mol. The minimum atomic E-state index is -0.518. The van der Waals surface area contributed by atoms with Gasteiger partial charge < -0.3 is 9.64 Å². The maximum atomic E-state index is 13.0. The number of likely N-dealkylation sites (tertiary alicyclic amines) is 1. The molecular weight excluding hydrogens is 362 g/mol. The Hall–Kier alpha value is -2.33. The first kappa shape index (κ1) is 19.4. The number of carbonyl (C=O) groups excluding carboxylic acids is 2. The number of nitrogens with zero attached hydrogens (tertiary/aromatic N) is 1. The van der Waals surface area contributed by atoms with E-state index < -0.39 is 5.92 Å². The predicted octanol–water partition coefficient (Wildman–Crippen LogP) is 4.51. The SMILES string of the molecule is CCN1C(=O)C[C@H](c2ccccc2Cl)[C@H](C(=O)OC)[C@H]1c1ccc(C)cc1. The summed E-state index contributed by atoms with van der Waals surface area (Å²) < 4.78 is 5.16. The highest BCUT2D eigenvalue weighted by Crippen LogP contribution is 2.47. The molecule has 5 heteroatoms. The summed E-state index contributed by atoms with van der Waals surface area (Å²) in [6.45, 7) is 4.47. The number of halogens is 1. The average Bonchev–Trinajstić information content (AvgIpc) is 2.67. The van der Waals surface area contributed by atoms with Gasteiger partial charge in [-0.1, -0.05) is 59.6 Å². The van der Waals surface area contributed by atoms with Crippen LogP contribution in [0.1, 0.15) is 42.0 Å². The van der Waals surface area contributed by atoms with Gasteiger partial charge in [0, 0.05) is 23.9 Å². The molecule has 0 aromatic heterocycles. The van der Waals surface area contributed by atoms with Crippen molar-refractivity contribution >= 4 is 23.5 Å². The Bertz CT molecular complexity index is 834. The third-order valence-corrected chi connectivity index (χ3v) is 5.71. The number of hydrogen-bond donors (Lipinski definition) is 0. The molecule has 0 radical (unpaired) electrons. The van der Waals surface area contributed by atoms with Crippen molar-refractivity contribution in [1.29, 1.82) is 0 Å². The number of methoxy groups -OCH3 is 1. The number of rotatable bonds is 4. The van der Waals surface area contributed by atoms with Crippen LogP contribution in [0.2, 0.25) is 5.02 Å². The van der Waals surface area contributed by atoms with Crippen molar-refractivity contribution in [2.75, 3.05) is 13.7 Å². The second-order valence-corrected chi connectivity index (χ2v) is 7.32. The van der Waals surface area contributed by atoms with Crippen molar-refractivity contribution in [3.8, 4) is 0 Å². The van der Waals surface area contributed by atoms with Gasteiger partial charge in [-0.25, -0.2) is 0 Å². The van der Waals surface area contributed by atoms with E-state index in [0.717, 1.165) is 16.7 Å². The molecule has 3 rings (SSSR count). The summed E-state index contributed by atoms with van der Waals surface area (Å²) in [5, 5.41) is 0.566. The van der Waals surface area contributed by atoms with Gasteiger partial charge in [0.2, 0.25) is 5.91 Å². The van der Waals surface area contributed by atoms with Crippen LogP contribution in [0.25, 0.3) is 0 Å². The van der Waals surface area contributed by atoms with Crippen LogP contribution in [-0.4, -0.2) is 30.4 Å². The Morgan fingerprint density at radius 3 is 2.44 bits per heavy atom. The smallest absolute Gasteiger partial charge is 0.311 e. The minimum Gasteiger partial charge on any atom is -0.469 e. The first-order valence-corrected chi connectivity index (χ1v) is 9.54. The fraction of sp³-hybridized carbons (Fsp3) is 0.364. The standard InChI is InChI=1S/C22H24ClNO3/c1-4-24-19(25)13-17(16-7-5-6-8-18(16)23)20(22(26)27-3)21(24)15-11-9-14(2)10-12-15/h5-12,17,20-21H,4,13H2,1-3H3/t17-,20+,21-/m1/s1. The van der Waals surface area contributed by atoms with Crippen molar-refractivity contribution in [2.24, 2.45) is 5.92 Å². The van der Waals surface area contributed by atoms with Gasteiger partial charge in [-0.15, -0.1) is 0 Å². The lowest BCUT2D eigenvalue weighted by Crippen LogP contribution is -2.49. The Morgan fingerprint density at radius 1 is 1.19 bits per heavy atom. The number of piperidine rings is 1. The van der Waals surface area contributed by atoms with Crippen LogP contribution < -0.4 is 0 Å². The van der Waals surface area contributed by atoms with Crippen LogP contribution in [0.5, 0.6) is 0 Å². The van der Waals surface area contributed by atoms with Crippen molar-refractivity contribution in [2.45, 2.75) is 32.2 Å². The summed E-state index contributed by atoms with van der Waals surface area (Å²) in [7, 11) is 1.39. The molecule has 2 aromatic rings. The van der Waals surface area contributed by atoms with E-state index in [1.165, 1.54) is 7.11 Å². The first-order chi connectivity index (χ1) is 13.0. The molecule has 0 N–H and O–H groups in total. The molecule has 2 aromatic carbocycles. The molecule has 1 aliphatic heterocycles. The van der Waals surface area contributed by atoms with Crippen LogP contribution in [0.15, 0.2) is 48.5 Å². The Kier molecular flexibility index (Phi) is 5.85. The molecule has 0 aliphatic carbocycles. The maximum Gasteiger partial charge on any atom is 0.311 e. The zero-order valence-electron chi connectivity index (χ0n) is 15.8. The molecule has 0 unspecified atom stereocenters. The second-order valence-electron chi connectivity index (χ2n) is 6.92. The molecule has 1 heterocycles. The average molecular weight is 386 g/mol. The van der Waals surface area contributed by atoms with E-state index >= 15 is 0 Å². The quantitative estimate of drug-likeness (QED) is 0.727. The van der Waals surface area contributed by atoms with Crippen LogP contribution in [-0.2, 0) is 14.3 Å². The molecule has 1 amide bonds. The number of esters is 1. The third kappa shape index (κ3) is 3.72. The Labute approximate surface area is 165 Å². The van der Waals surface area contributed by atoms with Gasteiger partial charge in [-0.05, 0) is 31.0 Å². The number of carbonyl (C=O) groups is 2. The van der Waals surface area contributed by atoms with Crippen LogP contribution in [0.3, 0.4) is 0 Å². The molecule has 4 nitrogen and oxygen atoms in total. The molecule has 1 fully saturated rings. The highest BCUT2D eigenvalue weighted by Gasteiger charge is 2.47. The monoisotopic (exact) mass is 385 g/mol. The third-order valence-electron chi connectivity index (χ3n) is 5.36. The van der Waals surface area contributed by atoms with Crippen molar-refractivity contribution < 1.29 is 14.3 Å². The van der Waals surface area contributed by atoms with Gasteiger partial charge in [0.1, 0.15) is 0 Å². The largest absolute Gasteiger partial charge is 0.469 e. The normalized spacial score (nSPS) is 22.6. The van der Waals surface area contributed by atoms with Crippen LogP contribution in [0.4, 0.5) is 0 Å². The van der Waals surface area contributed by atoms with Crippen molar-refractivity contribution in [1.82, 2.24) is 4.90 Å². The van der Waals surface area contributed by atoms with Gasteiger partial charge in [0.15, 0.2) is 0 Å². The maximum absolute atomic E-state index is 13.0. The number of ether oxygens (including phenoxy) is 1. The first-order valence-electron chi connectivity index (χ1n) is 9.16. The molecular formula is C22H24ClNO3. The van der Waals surface area contributed by atoms with Gasteiger partial charge >= 0.3 is 5.97 Å². The van der Waals surface area contributed by atoms with Gasteiger partial charge in [0.05, 0.1) is 19.1 Å². The van der Waals surface area contributed by atoms with Gasteiger partial charge in [-0.2, -0.15) is 0 Å². The fourth-order valence-corrected chi connectivity index (χ4v) is 4.31. The lowest BCUT2D eigenvalue weighted by Gasteiger charge is -2.44. The fourth-order valence-electron chi connectivity index (χ4n) is 4.03. The minimum absolute atomic E-state index is 0.0214. The zero-order valence-corrected chi connectivity index (χ0v) is 16.6. The van der Waals surface area contributed by atoms with Gasteiger partial charge in [0.25, 0.3) is 0 Å². The molecule has 1 saturated heterocycles. The summed E-state index contributed by atoms with van der Waals surface area (Å²) in [6, 6.07) is 15.0. The summed E-state index contributed by atoms with van der Waals surface area (Å²) >= 11 is 6.43. The second kappa shape index (κ2) is 8.13. The van der Waals surface area contributed by atoms with E-state index in [4.69, 9.17) is 16.3 Å². The van der Waals surface area contributed by atoms with E-state index in [1.807, 2.05) is 56.3 Å². The number of benzene rings is 2. The highest BCUT2D eigenvalue weighted by molar-refractivity contribution is 6.31. The van der Waals surface area contributed by atoms with Crippen LogP contribution >= 0.6 is 11.6 Å². The summed E-state index contributed by atoms with van der Waals surface area (Å²) in [6.07, 6.45) is 0.236.